The molecule has 0 spiro atoms. The van der Waals surface area contributed by atoms with Crippen molar-refractivity contribution in [1.29, 1.82) is 0 Å². The van der Waals surface area contributed by atoms with Gasteiger partial charge in [0.25, 0.3) is 5.91 Å². The van der Waals surface area contributed by atoms with Crippen LogP contribution in [0.2, 0.25) is 0 Å². The number of benzene rings is 2. The summed E-state index contributed by atoms with van der Waals surface area (Å²) < 4.78 is 7.03. The molecule has 9 heteroatoms. The molecule has 1 fully saturated rings. The highest BCUT2D eigenvalue weighted by Gasteiger charge is 2.18. The van der Waals surface area contributed by atoms with Crippen LogP contribution in [0.3, 0.4) is 0 Å². The van der Waals surface area contributed by atoms with E-state index in [-0.39, 0.29) is 17.8 Å². The summed E-state index contributed by atoms with van der Waals surface area (Å²) in [6.45, 7) is 3.93. The minimum atomic E-state index is -0.318. The number of likely N-dealkylation sites (tertiary alicyclic amines) is 1. The molecule has 0 atom stereocenters. The summed E-state index contributed by atoms with van der Waals surface area (Å²) in [4.78, 5) is 22.8. The standard InChI is InChI=1S/C23H25N7O2/c24-22-27-23(30(28-22)21(31)17-3-8-20-16(15-17)9-10-25-20)26-18-4-6-19(7-5-18)32-14-13-29-11-1-2-12-29/h3-10,15,25H,1-2,11-14H2,(H3,24,26,27,28). The molecule has 0 saturated carbocycles. The highest BCUT2D eigenvalue weighted by atomic mass is 16.5. The third-order valence-corrected chi connectivity index (χ3v) is 5.60. The minimum absolute atomic E-state index is 0.0189. The van der Waals surface area contributed by atoms with Crippen molar-refractivity contribution in [1.82, 2.24) is 24.6 Å². The van der Waals surface area contributed by atoms with Crippen molar-refractivity contribution in [3.05, 3.63) is 60.3 Å². The molecule has 1 saturated heterocycles. The Kier molecular flexibility index (Phi) is 5.47. The topological polar surface area (TPSA) is 114 Å². The third-order valence-electron chi connectivity index (χ3n) is 5.60. The van der Waals surface area contributed by atoms with E-state index in [1.165, 1.54) is 17.5 Å². The molecule has 9 nitrogen and oxygen atoms in total. The third kappa shape index (κ3) is 4.28. The SMILES string of the molecule is Nc1nc(Nc2ccc(OCCN3CCCC3)cc2)n(C(=O)c2ccc3[nH]ccc3c2)n1. The lowest BCUT2D eigenvalue weighted by Crippen LogP contribution is -2.25. The zero-order valence-electron chi connectivity index (χ0n) is 17.6. The molecule has 164 valence electrons. The average molecular weight is 432 g/mol. The summed E-state index contributed by atoms with van der Waals surface area (Å²) in [6, 6.07) is 14.8. The van der Waals surface area contributed by atoms with Gasteiger partial charge in [-0.15, -0.1) is 5.10 Å². The summed E-state index contributed by atoms with van der Waals surface area (Å²) >= 11 is 0. The number of nitrogens with one attached hydrogen (secondary N) is 2. The van der Waals surface area contributed by atoms with Crippen LogP contribution in [0, 0.1) is 0 Å². The molecule has 5 rings (SSSR count). The van der Waals surface area contributed by atoms with Crippen molar-refractivity contribution in [2.24, 2.45) is 0 Å². The number of aromatic nitrogens is 4. The van der Waals surface area contributed by atoms with Crippen molar-refractivity contribution >= 4 is 34.4 Å². The Balaban J connectivity index is 1.26. The van der Waals surface area contributed by atoms with Gasteiger partial charge in [-0.25, -0.2) is 0 Å². The molecule has 2 aromatic carbocycles. The van der Waals surface area contributed by atoms with Crippen LogP contribution in [0.4, 0.5) is 17.6 Å². The number of rotatable bonds is 7. The fraction of sp³-hybridized carbons (Fsp3) is 0.261. The number of hydrogen-bond acceptors (Lipinski definition) is 7. The lowest BCUT2D eigenvalue weighted by Gasteiger charge is -2.15. The molecular formula is C23H25N7O2. The van der Waals surface area contributed by atoms with Crippen molar-refractivity contribution in [2.75, 3.05) is 37.3 Å². The van der Waals surface area contributed by atoms with Gasteiger partial charge in [0.15, 0.2) is 0 Å². The van der Waals surface area contributed by atoms with Gasteiger partial charge >= 0.3 is 0 Å². The van der Waals surface area contributed by atoms with Crippen LogP contribution in [-0.4, -0.2) is 56.8 Å². The molecular weight excluding hydrogens is 406 g/mol. The Morgan fingerprint density at radius 1 is 1.12 bits per heavy atom. The Labute approximate surface area is 185 Å². The maximum atomic E-state index is 13.0. The number of carbonyl (C=O) groups excluding carboxylic acids is 1. The van der Waals surface area contributed by atoms with E-state index in [9.17, 15) is 4.79 Å². The largest absolute Gasteiger partial charge is 0.492 e. The molecule has 0 radical (unpaired) electrons. The van der Waals surface area contributed by atoms with Gasteiger partial charge < -0.3 is 20.8 Å². The quantitative estimate of drug-likeness (QED) is 0.411. The van der Waals surface area contributed by atoms with Crippen LogP contribution >= 0.6 is 0 Å². The van der Waals surface area contributed by atoms with Crippen LogP contribution in [0.25, 0.3) is 10.9 Å². The predicted octanol–water partition coefficient (Wildman–Crippen LogP) is 3.25. The van der Waals surface area contributed by atoms with Gasteiger partial charge in [0.2, 0.25) is 11.9 Å². The van der Waals surface area contributed by atoms with Crippen molar-refractivity contribution in [3.8, 4) is 5.75 Å². The molecule has 0 unspecified atom stereocenters. The minimum Gasteiger partial charge on any atom is -0.492 e. The number of nitrogen functional groups attached to an aromatic ring is 1. The number of anilines is 3. The Hall–Kier alpha value is -3.85. The van der Waals surface area contributed by atoms with E-state index in [4.69, 9.17) is 10.5 Å². The first-order valence-electron chi connectivity index (χ1n) is 10.7. The normalized spacial score (nSPS) is 14.1. The summed E-state index contributed by atoms with van der Waals surface area (Å²) in [5.41, 5.74) is 7.99. The van der Waals surface area contributed by atoms with Gasteiger partial charge in [0.05, 0.1) is 0 Å². The van der Waals surface area contributed by atoms with E-state index in [0.717, 1.165) is 42.0 Å². The summed E-state index contributed by atoms with van der Waals surface area (Å²) in [6.07, 6.45) is 4.39. The molecule has 1 aliphatic rings. The number of nitrogens with two attached hydrogens (primary N) is 1. The number of ether oxygens (including phenoxy) is 1. The molecule has 1 aliphatic heterocycles. The maximum absolute atomic E-state index is 13.0. The molecule has 0 aliphatic carbocycles. The smallest absolute Gasteiger partial charge is 0.281 e. The fourth-order valence-electron chi connectivity index (χ4n) is 3.92. The molecule has 0 amide bonds. The van der Waals surface area contributed by atoms with Crippen LogP contribution in [0.1, 0.15) is 23.2 Å². The zero-order chi connectivity index (χ0) is 21.9. The van der Waals surface area contributed by atoms with Crippen molar-refractivity contribution < 1.29 is 9.53 Å². The molecule has 32 heavy (non-hydrogen) atoms. The van der Waals surface area contributed by atoms with E-state index < -0.39 is 0 Å². The van der Waals surface area contributed by atoms with Crippen LogP contribution < -0.4 is 15.8 Å². The second-order valence-electron chi connectivity index (χ2n) is 7.84. The summed E-state index contributed by atoms with van der Waals surface area (Å²) in [5.74, 6) is 0.753. The van der Waals surface area contributed by atoms with Gasteiger partial charge in [-0.3, -0.25) is 9.69 Å². The van der Waals surface area contributed by atoms with E-state index in [1.807, 2.05) is 48.7 Å². The van der Waals surface area contributed by atoms with Crippen molar-refractivity contribution in [2.45, 2.75) is 12.8 Å². The average Bonchev–Trinajstić information content (AvgIpc) is 3.55. The molecule has 2 aromatic heterocycles. The first kappa shape index (κ1) is 20.1. The van der Waals surface area contributed by atoms with E-state index >= 15 is 0 Å². The monoisotopic (exact) mass is 431 g/mol. The van der Waals surface area contributed by atoms with Gasteiger partial charge in [-0.1, -0.05) is 0 Å². The summed E-state index contributed by atoms with van der Waals surface area (Å²) in [5, 5.41) is 8.15. The lowest BCUT2D eigenvalue weighted by molar-refractivity contribution is 0.0948. The molecule has 0 bridgehead atoms. The van der Waals surface area contributed by atoms with E-state index in [1.54, 1.807) is 6.07 Å². The second kappa shape index (κ2) is 8.72. The van der Waals surface area contributed by atoms with Crippen LogP contribution in [0.15, 0.2) is 54.7 Å². The Morgan fingerprint density at radius 3 is 2.75 bits per heavy atom. The van der Waals surface area contributed by atoms with Crippen molar-refractivity contribution in [3.63, 3.8) is 0 Å². The van der Waals surface area contributed by atoms with E-state index in [0.29, 0.717) is 12.2 Å². The number of fused-ring (bicyclic) bond motifs is 1. The fourth-order valence-corrected chi connectivity index (χ4v) is 3.92. The molecule has 4 N–H and O–H groups in total. The maximum Gasteiger partial charge on any atom is 0.281 e. The summed E-state index contributed by atoms with van der Waals surface area (Å²) in [7, 11) is 0. The number of carbonyl (C=O) groups is 1. The zero-order valence-corrected chi connectivity index (χ0v) is 17.6. The lowest BCUT2D eigenvalue weighted by atomic mass is 10.1. The second-order valence-corrected chi connectivity index (χ2v) is 7.84. The van der Waals surface area contributed by atoms with Gasteiger partial charge in [0.1, 0.15) is 12.4 Å². The molecule has 4 aromatic rings. The Morgan fingerprint density at radius 2 is 1.94 bits per heavy atom. The first-order chi connectivity index (χ1) is 15.7. The van der Waals surface area contributed by atoms with E-state index in [2.05, 4.69) is 25.3 Å². The number of nitrogens with zero attached hydrogens (tertiary/aromatic N) is 4. The highest BCUT2D eigenvalue weighted by Crippen LogP contribution is 2.22. The first-order valence-corrected chi connectivity index (χ1v) is 10.7. The van der Waals surface area contributed by atoms with Crippen LogP contribution in [-0.2, 0) is 0 Å². The number of H-pyrrole nitrogens is 1. The van der Waals surface area contributed by atoms with Gasteiger partial charge in [0, 0.05) is 34.9 Å². The number of hydrogen-bond donors (Lipinski definition) is 3. The Bertz CT molecular complexity index is 1220. The van der Waals surface area contributed by atoms with Gasteiger partial charge in [-0.2, -0.15) is 9.67 Å². The van der Waals surface area contributed by atoms with Crippen LogP contribution in [0.5, 0.6) is 5.75 Å². The predicted molar refractivity (Wildman–Crippen MR) is 123 cm³/mol. The molecule has 3 heterocycles. The van der Waals surface area contributed by atoms with Gasteiger partial charge in [-0.05, 0) is 74.5 Å². The number of aromatic amines is 1. The highest BCUT2D eigenvalue weighted by molar-refractivity contribution is 6.00.